The van der Waals surface area contributed by atoms with Crippen LogP contribution in [-0.4, -0.2) is 43.8 Å². The van der Waals surface area contributed by atoms with Crippen LogP contribution in [0.2, 0.25) is 0 Å². The molecule has 6 nitrogen and oxygen atoms in total. The van der Waals surface area contributed by atoms with Gasteiger partial charge in [-0.25, -0.2) is 0 Å². The van der Waals surface area contributed by atoms with Gasteiger partial charge in [-0.15, -0.1) is 0 Å². The molecule has 0 aromatic heterocycles. The van der Waals surface area contributed by atoms with E-state index in [2.05, 4.69) is 10.3 Å². The van der Waals surface area contributed by atoms with E-state index in [9.17, 15) is 9.59 Å². The Morgan fingerprint density at radius 2 is 1.71 bits per heavy atom. The predicted octanol–water partition coefficient (Wildman–Crippen LogP) is 2.32. The van der Waals surface area contributed by atoms with Gasteiger partial charge in [0.05, 0.1) is 5.69 Å². The molecule has 0 spiro atoms. The Labute approximate surface area is 140 Å². The van der Waals surface area contributed by atoms with Gasteiger partial charge in [0.1, 0.15) is 6.54 Å². The van der Waals surface area contributed by atoms with Crippen LogP contribution in [0.15, 0.2) is 53.5 Å². The zero-order valence-electron chi connectivity index (χ0n) is 13.6. The fraction of sp³-hybridized carbons (Fsp3) is 0.167. The third-order valence-electron chi connectivity index (χ3n) is 3.30. The Morgan fingerprint density at radius 3 is 2.25 bits per heavy atom. The van der Waals surface area contributed by atoms with Gasteiger partial charge in [0, 0.05) is 31.6 Å². The second-order valence-electron chi connectivity index (χ2n) is 5.37. The molecule has 124 valence electrons. The van der Waals surface area contributed by atoms with Crippen LogP contribution in [0, 0.1) is 0 Å². The lowest BCUT2D eigenvalue weighted by Crippen LogP contribution is -2.29. The maximum absolute atomic E-state index is 11.7. The Hall–Kier alpha value is -3.15. The van der Waals surface area contributed by atoms with Crippen molar-refractivity contribution in [2.24, 2.45) is 4.99 Å². The van der Waals surface area contributed by atoms with Crippen LogP contribution in [0.4, 0.5) is 11.4 Å². The summed E-state index contributed by atoms with van der Waals surface area (Å²) >= 11 is 0. The summed E-state index contributed by atoms with van der Waals surface area (Å²) in [5.74, 6) is -1.50. The Morgan fingerprint density at radius 1 is 1.08 bits per heavy atom. The second kappa shape index (κ2) is 7.92. The molecular formula is C18H19N3O3. The SMILES string of the molecule is CN(C)c1ccc(C=Nc2ccc(C(=O)NCC(=O)O)cc2)cc1. The molecule has 2 aromatic rings. The van der Waals surface area contributed by atoms with E-state index in [4.69, 9.17) is 5.11 Å². The number of hydrogen-bond donors (Lipinski definition) is 2. The molecule has 0 unspecified atom stereocenters. The first-order chi connectivity index (χ1) is 11.5. The molecule has 0 heterocycles. The molecule has 0 aliphatic carbocycles. The molecule has 0 atom stereocenters. The van der Waals surface area contributed by atoms with Crippen molar-refractivity contribution in [2.75, 3.05) is 25.5 Å². The van der Waals surface area contributed by atoms with Crippen molar-refractivity contribution in [3.05, 3.63) is 59.7 Å². The van der Waals surface area contributed by atoms with Gasteiger partial charge in [0.15, 0.2) is 0 Å². The van der Waals surface area contributed by atoms with E-state index in [0.29, 0.717) is 11.3 Å². The number of carbonyl (C=O) groups is 2. The van der Waals surface area contributed by atoms with Gasteiger partial charge in [-0.1, -0.05) is 12.1 Å². The van der Waals surface area contributed by atoms with Crippen LogP contribution in [0.1, 0.15) is 15.9 Å². The third-order valence-corrected chi connectivity index (χ3v) is 3.30. The van der Waals surface area contributed by atoms with E-state index in [1.807, 2.05) is 43.3 Å². The number of hydrogen-bond acceptors (Lipinski definition) is 4. The number of aliphatic imine (C=N–C) groups is 1. The lowest BCUT2D eigenvalue weighted by molar-refractivity contribution is -0.135. The smallest absolute Gasteiger partial charge is 0.322 e. The number of nitrogens with one attached hydrogen (secondary N) is 1. The highest BCUT2D eigenvalue weighted by molar-refractivity contribution is 5.96. The van der Waals surface area contributed by atoms with E-state index >= 15 is 0 Å². The van der Waals surface area contributed by atoms with Crippen LogP contribution in [0.25, 0.3) is 0 Å². The summed E-state index contributed by atoms with van der Waals surface area (Å²) in [6.07, 6.45) is 1.75. The third kappa shape index (κ3) is 4.95. The monoisotopic (exact) mass is 325 g/mol. The van der Waals surface area contributed by atoms with E-state index < -0.39 is 18.4 Å². The topological polar surface area (TPSA) is 82.0 Å². The van der Waals surface area contributed by atoms with E-state index in [1.54, 1.807) is 30.5 Å². The average Bonchev–Trinajstić information content (AvgIpc) is 2.58. The first-order valence-corrected chi connectivity index (χ1v) is 7.37. The van der Waals surface area contributed by atoms with Crippen LogP contribution < -0.4 is 10.2 Å². The summed E-state index contributed by atoms with van der Waals surface area (Å²) in [4.78, 5) is 28.5. The van der Waals surface area contributed by atoms with E-state index in [-0.39, 0.29) is 0 Å². The normalized spacial score (nSPS) is 10.6. The summed E-state index contributed by atoms with van der Waals surface area (Å²) in [6, 6.07) is 14.6. The largest absolute Gasteiger partial charge is 0.480 e. The number of amides is 1. The second-order valence-corrected chi connectivity index (χ2v) is 5.37. The summed E-state index contributed by atoms with van der Waals surface area (Å²) in [7, 11) is 3.97. The molecule has 2 rings (SSSR count). The Bertz CT molecular complexity index is 735. The van der Waals surface area contributed by atoms with Crippen molar-refractivity contribution in [2.45, 2.75) is 0 Å². The first-order valence-electron chi connectivity index (χ1n) is 7.37. The maximum atomic E-state index is 11.7. The highest BCUT2D eigenvalue weighted by atomic mass is 16.4. The molecule has 0 aliphatic rings. The van der Waals surface area contributed by atoms with Gasteiger partial charge < -0.3 is 15.3 Å². The van der Waals surface area contributed by atoms with Gasteiger partial charge in [-0.2, -0.15) is 0 Å². The first kappa shape index (κ1) is 17.2. The molecule has 2 N–H and O–H groups in total. The van der Waals surface area contributed by atoms with Crippen molar-refractivity contribution >= 4 is 29.5 Å². The number of aliphatic carboxylic acids is 1. The quantitative estimate of drug-likeness (QED) is 0.799. The molecule has 2 aromatic carbocycles. The van der Waals surface area contributed by atoms with Gasteiger partial charge in [-0.05, 0) is 42.0 Å². The van der Waals surface area contributed by atoms with Crippen LogP contribution in [0.3, 0.4) is 0 Å². The van der Waals surface area contributed by atoms with Crippen molar-refractivity contribution in [3.63, 3.8) is 0 Å². The number of carbonyl (C=O) groups excluding carboxylic acids is 1. The number of rotatable bonds is 6. The summed E-state index contributed by atoms with van der Waals surface area (Å²) in [6.45, 7) is -0.401. The molecule has 0 bridgehead atoms. The van der Waals surface area contributed by atoms with Crippen LogP contribution in [-0.2, 0) is 4.79 Å². The predicted molar refractivity (Wildman–Crippen MR) is 94.4 cm³/mol. The van der Waals surface area contributed by atoms with Crippen LogP contribution >= 0.6 is 0 Å². The van der Waals surface area contributed by atoms with Crippen molar-refractivity contribution in [1.29, 1.82) is 0 Å². The molecule has 0 aliphatic heterocycles. The number of carboxylic acid groups (broad SMARTS) is 1. The van der Waals surface area contributed by atoms with E-state index in [1.165, 1.54) is 0 Å². The lowest BCUT2D eigenvalue weighted by Gasteiger charge is -2.11. The molecular weight excluding hydrogens is 306 g/mol. The number of nitrogens with zero attached hydrogens (tertiary/aromatic N) is 2. The standard InChI is InChI=1S/C18H19N3O3/c1-21(2)16-9-3-13(4-10-16)11-19-15-7-5-14(6-8-15)18(24)20-12-17(22)23/h3-11H,12H2,1-2H3,(H,20,24)(H,22,23). The highest BCUT2D eigenvalue weighted by Crippen LogP contribution is 2.15. The molecule has 24 heavy (non-hydrogen) atoms. The fourth-order valence-corrected chi connectivity index (χ4v) is 1.96. The number of carboxylic acids is 1. The number of anilines is 1. The zero-order chi connectivity index (χ0) is 17.5. The van der Waals surface area contributed by atoms with Crippen molar-refractivity contribution in [1.82, 2.24) is 5.32 Å². The number of benzene rings is 2. The molecule has 0 fully saturated rings. The van der Waals surface area contributed by atoms with Gasteiger partial charge >= 0.3 is 5.97 Å². The minimum Gasteiger partial charge on any atom is -0.480 e. The Kier molecular flexibility index (Phi) is 5.68. The summed E-state index contributed by atoms with van der Waals surface area (Å²) in [5.41, 5.74) is 3.19. The van der Waals surface area contributed by atoms with Crippen molar-refractivity contribution < 1.29 is 14.7 Å². The van der Waals surface area contributed by atoms with Crippen LogP contribution in [0.5, 0.6) is 0 Å². The van der Waals surface area contributed by atoms with Gasteiger partial charge in [0.25, 0.3) is 5.91 Å². The molecule has 6 heteroatoms. The molecule has 1 amide bonds. The zero-order valence-corrected chi connectivity index (χ0v) is 13.6. The summed E-state index contributed by atoms with van der Waals surface area (Å²) in [5, 5.41) is 10.9. The fourth-order valence-electron chi connectivity index (χ4n) is 1.96. The maximum Gasteiger partial charge on any atom is 0.322 e. The molecule has 0 saturated carbocycles. The van der Waals surface area contributed by atoms with E-state index in [0.717, 1.165) is 11.3 Å². The molecule has 0 saturated heterocycles. The lowest BCUT2D eigenvalue weighted by atomic mass is 10.2. The highest BCUT2D eigenvalue weighted by Gasteiger charge is 2.06. The minimum absolute atomic E-state index is 0.394. The van der Waals surface area contributed by atoms with Crippen molar-refractivity contribution in [3.8, 4) is 0 Å². The minimum atomic E-state index is -1.08. The van der Waals surface area contributed by atoms with Gasteiger partial charge in [-0.3, -0.25) is 14.6 Å². The Balaban J connectivity index is 2.00. The van der Waals surface area contributed by atoms with Gasteiger partial charge in [0.2, 0.25) is 0 Å². The average molecular weight is 325 g/mol. The summed E-state index contributed by atoms with van der Waals surface area (Å²) < 4.78 is 0. The molecule has 0 radical (unpaired) electrons.